The van der Waals surface area contributed by atoms with Gasteiger partial charge >= 0.3 is 0 Å². The Kier molecular flexibility index (Phi) is 5.38. The van der Waals surface area contributed by atoms with E-state index in [1.807, 2.05) is 25.1 Å². The third kappa shape index (κ3) is 3.91. The van der Waals surface area contributed by atoms with Crippen molar-refractivity contribution in [1.82, 2.24) is 19.7 Å². The number of unbranched alkanes of at least 4 members (excludes halogenated alkanes) is 1. The molecular weight excluding hydrogens is 386 g/mol. The fraction of sp³-hybridized carbons (Fsp3) is 0.320. The van der Waals surface area contributed by atoms with Gasteiger partial charge in [0.15, 0.2) is 0 Å². The molecule has 2 N–H and O–H groups in total. The molecule has 1 aliphatic rings. The Balaban J connectivity index is 1.56. The summed E-state index contributed by atoms with van der Waals surface area (Å²) in [6.07, 6.45) is 5.88. The number of hydrogen-bond acceptors (Lipinski definition) is 5. The molecule has 0 amide bonds. The van der Waals surface area contributed by atoms with Crippen LogP contribution >= 0.6 is 0 Å². The molecule has 0 radical (unpaired) electrons. The first kappa shape index (κ1) is 19.7. The predicted molar refractivity (Wildman–Crippen MR) is 123 cm³/mol. The SMILES string of the molecule is Cc1cccc(-c2nn3c(c2-c2ccc4ncc(OCCCCN)cc4c2)CCC3)n1. The highest BCUT2D eigenvalue weighted by atomic mass is 16.5. The van der Waals surface area contributed by atoms with E-state index >= 15 is 0 Å². The van der Waals surface area contributed by atoms with Crippen LogP contribution in [0.2, 0.25) is 0 Å². The van der Waals surface area contributed by atoms with Crippen LogP contribution < -0.4 is 10.5 Å². The van der Waals surface area contributed by atoms with Crippen molar-refractivity contribution in [2.24, 2.45) is 5.73 Å². The number of aryl methyl sites for hydroxylation is 2. The Morgan fingerprint density at radius 3 is 2.94 bits per heavy atom. The Labute approximate surface area is 182 Å². The van der Waals surface area contributed by atoms with Gasteiger partial charge in [-0.1, -0.05) is 12.1 Å². The van der Waals surface area contributed by atoms with E-state index in [9.17, 15) is 0 Å². The van der Waals surface area contributed by atoms with Crippen molar-refractivity contribution < 1.29 is 4.74 Å². The smallest absolute Gasteiger partial charge is 0.138 e. The van der Waals surface area contributed by atoms with Gasteiger partial charge in [-0.05, 0) is 75.0 Å². The lowest BCUT2D eigenvalue weighted by Gasteiger charge is -2.09. The first-order valence-corrected chi connectivity index (χ1v) is 11.0. The lowest BCUT2D eigenvalue weighted by Crippen LogP contribution is -2.03. The Morgan fingerprint density at radius 1 is 1.13 bits per heavy atom. The molecule has 0 fully saturated rings. The maximum Gasteiger partial charge on any atom is 0.138 e. The van der Waals surface area contributed by atoms with E-state index in [2.05, 4.69) is 33.9 Å². The second-order valence-electron chi connectivity index (χ2n) is 8.08. The van der Waals surface area contributed by atoms with Crippen LogP contribution in [0.4, 0.5) is 0 Å². The molecule has 0 atom stereocenters. The van der Waals surface area contributed by atoms with Crippen molar-refractivity contribution in [2.75, 3.05) is 13.2 Å². The molecule has 0 saturated heterocycles. The number of ether oxygens (including phenoxy) is 1. The Morgan fingerprint density at radius 2 is 2.06 bits per heavy atom. The summed E-state index contributed by atoms with van der Waals surface area (Å²) < 4.78 is 8.03. The van der Waals surface area contributed by atoms with Crippen molar-refractivity contribution in [3.8, 4) is 28.3 Å². The second kappa shape index (κ2) is 8.47. The van der Waals surface area contributed by atoms with Gasteiger partial charge < -0.3 is 10.5 Å². The van der Waals surface area contributed by atoms with Crippen LogP contribution in [0.1, 0.15) is 30.7 Å². The monoisotopic (exact) mass is 413 g/mol. The topological polar surface area (TPSA) is 78.8 Å². The summed E-state index contributed by atoms with van der Waals surface area (Å²) in [7, 11) is 0. The fourth-order valence-corrected chi connectivity index (χ4v) is 4.27. The lowest BCUT2D eigenvalue weighted by atomic mass is 9.98. The van der Waals surface area contributed by atoms with Crippen molar-refractivity contribution in [1.29, 1.82) is 0 Å². The maximum atomic E-state index is 5.88. The molecule has 6 heteroatoms. The lowest BCUT2D eigenvalue weighted by molar-refractivity contribution is 0.307. The summed E-state index contributed by atoms with van der Waals surface area (Å²) in [4.78, 5) is 9.33. The number of fused-ring (bicyclic) bond motifs is 2. The standard InChI is InChI=1S/C25H27N5O/c1-17-6-4-7-22(28-17)25-24(23-8-5-12-30(23)29-25)18-9-10-21-19(14-18)15-20(16-27-21)31-13-3-2-11-26/h4,6-7,9-10,14-16H,2-3,5,8,11-13,26H2,1H3. The number of aromatic nitrogens is 4. The number of nitrogens with zero attached hydrogens (tertiary/aromatic N) is 4. The number of hydrogen-bond donors (Lipinski definition) is 1. The molecule has 4 aromatic rings. The molecule has 4 heterocycles. The molecule has 0 bridgehead atoms. The summed E-state index contributed by atoms with van der Waals surface area (Å²) in [6, 6.07) is 14.6. The van der Waals surface area contributed by atoms with Gasteiger partial charge in [-0.3, -0.25) is 14.6 Å². The summed E-state index contributed by atoms with van der Waals surface area (Å²) in [5.74, 6) is 0.794. The van der Waals surface area contributed by atoms with Crippen LogP contribution in [0.25, 0.3) is 33.4 Å². The number of pyridine rings is 2. The second-order valence-corrected chi connectivity index (χ2v) is 8.08. The molecule has 31 heavy (non-hydrogen) atoms. The van der Waals surface area contributed by atoms with Crippen LogP contribution in [0.15, 0.2) is 48.7 Å². The van der Waals surface area contributed by atoms with Gasteiger partial charge in [0.05, 0.1) is 24.0 Å². The highest BCUT2D eigenvalue weighted by Crippen LogP contribution is 2.38. The molecule has 6 nitrogen and oxygen atoms in total. The average molecular weight is 414 g/mol. The number of benzene rings is 1. The van der Waals surface area contributed by atoms with Crippen LogP contribution in [0.3, 0.4) is 0 Å². The first-order valence-electron chi connectivity index (χ1n) is 11.0. The van der Waals surface area contributed by atoms with Gasteiger partial charge in [0.2, 0.25) is 0 Å². The highest BCUT2D eigenvalue weighted by Gasteiger charge is 2.24. The predicted octanol–water partition coefficient (Wildman–Crippen LogP) is 4.53. The number of rotatable bonds is 7. The normalized spacial score (nSPS) is 13.0. The van der Waals surface area contributed by atoms with E-state index in [-0.39, 0.29) is 0 Å². The zero-order chi connectivity index (χ0) is 21.2. The van der Waals surface area contributed by atoms with Crippen molar-refractivity contribution in [3.63, 3.8) is 0 Å². The summed E-state index contributed by atoms with van der Waals surface area (Å²) in [5.41, 5.74) is 13.0. The van der Waals surface area contributed by atoms with E-state index < -0.39 is 0 Å². The number of nitrogens with two attached hydrogens (primary N) is 1. The van der Waals surface area contributed by atoms with E-state index in [4.69, 9.17) is 20.6 Å². The van der Waals surface area contributed by atoms with E-state index in [1.165, 1.54) is 11.3 Å². The quantitative estimate of drug-likeness (QED) is 0.450. The van der Waals surface area contributed by atoms with E-state index in [0.29, 0.717) is 13.2 Å². The van der Waals surface area contributed by atoms with Gasteiger partial charge in [0.25, 0.3) is 0 Å². The largest absolute Gasteiger partial charge is 0.492 e. The average Bonchev–Trinajstić information content (AvgIpc) is 3.37. The van der Waals surface area contributed by atoms with Gasteiger partial charge in [0, 0.05) is 28.9 Å². The third-order valence-corrected chi connectivity index (χ3v) is 5.78. The molecule has 1 aromatic carbocycles. The van der Waals surface area contributed by atoms with E-state index in [0.717, 1.165) is 71.5 Å². The van der Waals surface area contributed by atoms with Gasteiger partial charge in [-0.25, -0.2) is 0 Å². The summed E-state index contributed by atoms with van der Waals surface area (Å²) in [5, 5.41) is 6.00. The molecular formula is C25H27N5O. The first-order chi connectivity index (χ1) is 15.2. The van der Waals surface area contributed by atoms with Gasteiger partial charge in [0.1, 0.15) is 11.4 Å². The molecule has 0 spiro atoms. The molecule has 0 saturated carbocycles. The molecule has 1 aliphatic heterocycles. The zero-order valence-corrected chi connectivity index (χ0v) is 17.8. The minimum absolute atomic E-state index is 0.657. The van der Waals surface area contributed by atoms with Gasteiger partial charge in [-0.2, -0.15) is 5.10 Å². The van der Waals surface area contributed by atoms with Gasteiger partial charge in [-0.15, -0.1) is 0 Å². The molecule has 158 valence electrons. The Bertz CT molecular complexity index is 1230. The maximum absolute atomic E-state index is 5.88. The van der Waals surface area contributed by atoms with Crippen molar-refractivity contribution >= 4 is 10.9 Å². The van der Waals surface area contributed by atoms with Crippen LogP contribution in [0, 0.1) is 6.92 Å². The summed E-state index contributed by atoms with van der Waals surface area (Å²) >= 11 is 0. The third-order valence-electron chi connectivity index (χ3n) is 5.78. The van der Waals surface area contributed by atoms with Crippen molar-refractivity contribution in [2.45, 2.75) is 39.2 Å². The van der Waals surface area contributed by atoms with Crippen LogP contribution in [0.5, 0.6) is 5.75 Å². The molecule has 0 unspecified atom stereocenters. The van der Waals surface area contributed by atoms with Crippen molar-refractivity contribution in [3.05, 3.63) is 60.0 Å². The molecule has 3 aromatic heterocycles. The van der Waals surface area contributed by atoms with Crippen LogP contribution in [-0.4, -0.2) is 32.9 Å². The summed E-state index contributed by atoms with van der Waals surface area (Å²) in [6.45, 7) is 4.33. The highest BCUT2D eigenvalue weighted by molar-refractivity contribution is 5.89. The molecule has 5 rings (SSSR count). The minimum atomic E-state index is 0.657. The Hall–Kier alpha value is -3.25. The van der Waals surface area contributed by atoms with Crippen LogP contribution in [-0.2, 0) is 13.0 Å². The molecule has 0 aliphatic carbocycles. The zero-order valence-electron chi connectivity index (χ0n) is 17.8. The fourth-order valence-electron chi connectivity index (χ4n) is 4.27. The minimum Gasteiger partial charge on any atom is -0.492 e. The van der Waals surface area contributed by atoms with E-state index in [1.54, 1.807) is 6.20 Å².